The number of alkyl halides is 2. The standard InChI is InChI=1S/C20H14F3N5O/c21-14-4-5-15(27-19(14)20(22)23)18-13(2-1-7-25-18)11-3-6-17-26-9-12(8-16(24)29)28(17)10-11/h1-7,9-10,20H,8H2,(H2,24,29). The minimum Gasteiger partial charge on any atom is -0.369 e. The van der Waals surface area contributed by atoms with Crippen LogP contribution in [0.2, 0.25) is 0 Å². The molecule has 4 rings (SSSR count). The van der Waals surface area contributed by atoms with E-state index in [0.29, 0.717) is 28.2 Å². The highest BCUT2D eigenvalue weighted by Crippen LogP contribution is 2.31. The van der Waals surface area contributed by atoms with Crippen LogP contribution in [0.25, 0.3) is 28.2 Å². The van der Waals surface area contributed by atoms with Gasteiger partial charge in [-0.15, -0.1) is 0 Å². The molecule has 0 saturated heterocycles. The Morgan fingerprint density at radius 3 is 2.72 bits per heavy atom. The summed E-state index contributed by atoms with van der Waals surface area (Å²) < 4.78 is 41.5. The fourth-order valence-electron chi connectivity index (χ4n) is 3.08. The van der Waals surface area contributed by atoms with Crippen LogP contribution in [0.15, 0.2) is 55.0 Å². The Kier molecular flexibility index (Phi) is 4.71. The molecule has 4 aromatic heterocycles. The fraction of sp³-hybridized carbons (Fsp3) is 0.100. The molecule has 1 amide bonds. The maximum absolute atomic E-state index is 13.6. The number of amides is 1. The van der Waals surface area contributed by atoms with E-state index in [-0.39, 0.29) is 12.1 Å². The highest BCUT2D eigenvalue weighted by atomic mass is 19.3. The Bertz CT molecular complexity index is 1220. The molecule has 4 aromatic rings. The second-order valence-electron chi connectivity index (χ2n) is 6.30. The van der Waals surface area contributed by atoms with Crippen molar-refractivity contribution in [3.8, 4) is 22.5 Å². The third-order valence-electron chi connectivity index (χ3n) is 4.38. The zero-order valence-electron chi connectivity index (χ0n) is 14.9. The number of primary amides is 1. The molecule has 0 aliphatic heterocycles. The summed E-state index contributed by atoms with van der Waals surface area (Å²) in [6.07, 6.45) is 1.78. The van der Waals surface area contributed by atoms with Crippen LogP contribution in [0.3, 0.4) is 0 Å². The van der Waals surface area contributed by atoms with Gasteiger partial charge in [-0.05, 0) is 30.3 Å². The van der Waals surface area contributed by atoms with Gasteiger partial charge in [0.1, 0.15) is 11.3 Å². The van der Waals surface area contributed by atoms with Crippen LogP contribution < -0.4 is 5.73 Å². The molecule has 29 heavy (non-hydrogen) atoms. The van der Waals surface area contributed by atoms with E-state index >= 15 is 0 Å². The quantitative estimate of drug-likeness (QED) is 0.558. The number of imidazole rings is 1. The van der Waals surface area contributed by atoms with Gasteiger partial charge in [-0.3, -0.25) is 9.78 Å². The summed E-state index contributed by atoms with van der Waals surface area (Å²) in [4.78, 5) is 23.6. The molecule has 0 aromatic carbocycles. The Balaban J connectivity index is 1.85. The zero-order chi connectivity index (χ0) is 20.5. The summed E-state index contributed by atoms with van der Waals surface area (Å²) in [5.41, 5.74) is 7.34. The Morgan fingerprint density at radius 1 is 1.14 bits per heavy atom. The normalized spacial score (nSPS) is 11.3. The lowest BCUT2D eigenvalue weighted by molar-refractivity contribution is -0.117. The molecule has 0 saturated carbocycles. The first kappa shape index (κ1) is 18.6. The summed E-state index contributed by atoms with van der Waals surface area (Å²) >= 11 is 0. The Labute approximate surface area is 162 Å². The minimum absolute atomic E-state index is 0.0157. The lowest BCUT2D eigenvalue weighted by Gasteiger charge is -2.11. The van der Waals surface area contributed by atoms with Crippen LogP contribution in [0, 0.1) is 5.82 Å². The largest absolute Gasteiger partial charge is 0.369 e. The second kappa shape index (κ2) is 7.34. The van der Waals surface area contributed by atoms with Gasteiger partial charge in [-0.25, -0.2) is 23.1 Å². The maximum atomic E-state index is 13.6. The van der Waals surface area contributed by atoms with Crippen molar-refractivity contribution in [2.24, 2.45) is 5.73 Å². The van der Waals surface area contributed by atoms with Gasteiger partial charge in [-0.2, -0.15) is 0 Å². The van der Waals surface area contributed by atoms with E-state index < -0.39 is 23.8 Å². The van der Waals surface area contributed by atoms with E-state index in [2.05, 4.69) is 15.0 Å². The topological polar surface area (TPSA) is 86.2 Å². The number of halogens is 3. The van der Waals surface area contributed by atoms with Gasteiger partial charge in [-0.1, -0.05) is 6.07 Å². The molecule has 9 heteroatoms. The Hall–Kier alpha value is -3.75. The number of hydrogen-bond acceptors (Lipinski definition) is 4. The van der Waals surface area contributed by atoms with Crippen LogP contribution >= 0.6 is 0 Å². The average molecular weight is 397 g/mol. The van der Waals surface area contributed by atoms with E-state index in [1.165, 1.54) is 12.3 Å². The molecular formula is C20H14F3N5O. The van der Waals surface area contributed by atoms with Gasteiger partial charge in [0.05, 0.1) is 23.5 Å². The monoisotopic (exact) mass is 397 g/mol. The molecule has 0 fully saturated rings. The summed E-state index contributed by atoms with van der Waals surface area (Å²) in [6.45, 7) is 0. The van der Waals surface area contributed by atoms with Gasteiger partial charge in [0.25, 0.3) is 6.43 Å². The number of aromatic nitrogens is 4. The van der Waals surface area contributed by atoms with Crippen LogP contribution in [0.1, 0.15) is 17.8 Å². The van der Waals surface area contributed by atoms with Crippen molar-refractivity contribution in [3.63, 3.8) is 0 Å². The van der Waals surface area contributed by atoms with Gasteiger partial charge in [0, 0.05) is 29.7 Å². The second-order valence-corrected chi connectivity index (χ2v) is 6.30. The van der Waals surface area contributed by atoms with Crippen LogP contribution in [-0.2, 0) is 11.2 Å². The predicted octanol–water partition coefficient (Wildman–Crippen LogP) is 3.56. The van der Waals surface area contributed by atoms with E-state index in [9.17, 15) is 18.0 Å². The van der Waals surface area contributed by atoms with Crippen LogP contribution in [0.4, 0.5) is 13.2 Å². The predicted molar refractivity (Wildman–Crippen MR) is 99.5 cm³/mol. The number of nitrogens with zero attached hydrogens (tertiary/aromatic N) is 4. The number of fused-ring (bicyclic) bond motifs is 1. The van der Waals surface area contributed by atoms with E-state index in [4.69, 9.17) is 5.73 Å². The fourth-order valence-corrected chi connectivity index (χ4v) is 3.08. The molecule has 0 unspecified atom stereocenters. The highest BCUT2D eigenvalue weighted by Gasteiger charge is 2.19. The summed E-state index contributed by atoms with van der Waals surface area (Å²) in [7, 11) is 0. The molecule has 146 valence electrons. The number of rotatable bonds is 5. The van der Waals surface area contributed by atoms with E-state index in [1.54, 1.807) is 41.1 Å². The smallest absolute Gasteiger partial charge is 0.283 e. The number of nitrogens with two attached hydrogens (primary N) is 1. The summed E-state index contributed by atoms with van der Waals surface area (Å²) in [6, 6.07) is 9.24. The minimum atomic E-state index is -3.04. The third kappa shape index (κ3) is 3.54. The van der Waals surface area contributed by atoms with Gasteiger partial charge < -0.3 is 10.1 Å². The number of carbonyl (C=O) groups is 1. The molecule has 0 spiro atoms. The molecular weight excluding hydrogens is 383 g/mol. The van der Waals surface area contributed by atoms with Gasteiger partial charge in [0.2, 0.25) is 5.91 Å². The first-order chi connectivity index (χ1) is 13.9. The van der Waals surface area contributed by atoms with Crippen molar-refractivity contribution in [1.29, 1.82) is 0 Å². The van der Waals surface area contributed by atoms with Crippen molar-refractivity contribution in [1.82, 2.24) is 19.4 Å². The highest BCUT2D eigenvalue weighted by molar-refractivity contribution is 5.80. The molecule has 0 radical (unpaired) electrons. The lowest BCUT2D eigenvalue weighted by Crippen LogP contribution is -2.14. The van der Waals surface area contributed by atoms with Gasteiger partial charge >= 0.3 is 0 Å². The maximum Gasteiger partial charge on any atom is 0.283 e. The van der Waals surface area contributed by atoms with Crippen molar-refractivity contribution in [2.45, 2.75) is 12.8 Å². The number of pyridine rings is 3. The Morgan fingerprint density at radius 2 is 1.97 bits per heavy atom. The average Bonchev–Trinajstić information content (AvgIpc) is 3.09. The molecule has 4 heterocycles. The molecule has 0 aliphatic rings. The molecule has 0 bridgehead atoms. The van der Waals surface area contributed by atoms with Crippen molar-refractivity contribution < 1.29 is 18.0 Å². The molecule has 6 nitrogen and oxygen atoms in total. The van der Waals surface area contributed by atoms with Crippen LogP contribution in [-0.4, -0.2) is 25.3 Å². The SMILES string of the molecule is NC(=O)Cc1cnc2ccc(-c3cccnc3-c3ccc(F)c(C(F)F)n3)cn12. The van der Waals surface area contributed by atoms with Crippen molar-refractivity contribution in [2.75, 3.05) is 0 Å². The summed E-state index contributed by atoms with van der Waals surface area (Å²) in [5.74, 6) is -1.56. The molecule has 0 aliphatic carbocycles. The third-order valence-corrected chi connectivity index (χ3v) is 4.38. The number of hydrogen-bond donors (Lipinski definition) is 1. The number of carbonyl (C=O) groups excluding carboxylic acids is 1. The van der Waals surface area contributed by atoms with Crippen molar-refractivity contribution >= 4 is 11.6 Å². The van der Waals surface area contributed by atoms with Crippen LogP contribution in [0.5, 0.6) is 0 Å². The van der Waals surface area contributed by atoms with Crippen molar-refractivity contribution in [3.05, 3.63) is 72.2 Å². The lowest BCUT2D eigenvalue weighted by atomic mass is 10.0. The summed E-state index contributed by atoms with van der Waals surface area (Å²) in [5, 5.41) is 0. The van der Waals surface area contributed by atoms with E-state index in [0.717, 1.165) is 6.07 Å². The van der Waals surface area contributed by atoms with E-state index in [1.807, 2.05) is 0 Å². The molecule has 2 N–H and O–H groups in total. The first-order valence-corrected chi connectivity index (χ1v) is 8.58. The molecule has 0 atom stereocenters. The first-order valence-electron chi connectivity index (χ1n) is 8.58. The van der Waals surface area contributed by atoms with Gasteiger partial charge in [0.15, 0.2) is 5.82 Å². The zero-order valence-corrected chi connectivity index (χ0v) is 14.9.